The summed E-state index contributed by atoms with van der Waals surface area (Å²) in [6.07, 6.45) is 0.541. The van der Waals surface area contributed by atoms with Gasteiger partial charge in [0.1, 0.15) is 0 Å². The fraction of sp³-hybridized carbons (Fsp3) is 0.714. The first-order valence-electron chi connectivity index (χ1n) is 3.79. The van der Waals surface area contributed by atoms with Crippen LogP contribution in [0.3, 0.4) is 0 Å². The standard InChI is InChI=1S/C7H15N3O2/c1-4(2)3-5(8)6(11)10-7(9)12/h4-5H,3,8H2,1-2H3,(H3,9,10,11,12)/t5-/m0/s1. The molecule has 12 heavy (non-hydrogen) atoms. The minimum absolute atomic E-state index is 0.318. The van der Waals surface area contributed by atoms with Gasteiger partial charge in [-0.05, 0) is 12.3 Å². The number of carbonyl (C=O) groups is 2. The molecule has 5 N–H and O–H groups in total. The molecule has 0 unspecified atom stereocenters. The van der Waals surface area contributed by atoms with Crippen LogP contribution in [0.25, 0.3) is 0 Å². The minimum atomic E-state index is -0.862. The molecule has 0 heterocycles. The predicted molar refractivity (Wildman–Crippen MR) is 45.2 cm³/mol. The molecule has 5 heteroatoms. The molecule has 0 radical (unpaired) electrons. The molecule has 0 aliphatic rings. The van der Waals surface area contributed by atoms with Crippen molar-refractivity contribution in [2.45, 2.75) is 26.3 Å². The van der Waals surface area contributed by atoms with Crippen molar-refractivity contribution in [3.63, 3.8) is 0 Å². The Morgan fingerprint density at radius 3 is 2.25 bits per heavy atom. The Morgan fingerprint density at radius 2 is 1.92 bits per heavy atom. The van der Waals surface area contributed by atoms with Gasteiger partial charge in [-0.15, -0.1) is 0 Å². The molecule has 0 rings (SSSR count). The molecule has 0 aliphatic heterocycles. The number of nitrogens with two attached hydrogens (primary N) is 2. The van der Waals surface area contributed by atoms with E-state index in [9.17, 15) is 9.59 Å². The first-order chi connectivity index (χ1) is 5.43. The average molecular weight is 173 g/mol. The van der Waals surface area contributed by atoms with Crippen molar-refractivity contribution in [1.29, 1.82) is 0 Å². The summed E-state index contributed by atoms with van der Waals surface area (Å²) in [4.78, 5) is 21.2. The summed E-state index contributed by atoms with van der Waals surface area (Å²) in [6.45, 7) is 3.88. The van der Waals surface area contributed by atoms with Crippen LogP contribution in [-0.4, -0.2) is 18.0 Å². The molecule has 0 fully saturated rings. The zero-order chi connectivity index (χ0) is 9.72. The van der Waals surface area contributed by atoms with E-state index >= 15 is 0 Å². The highest BCUT2D eigenvalue weighted by atomic mass is 16.2. The zero-order valence-corrected chi connectivity index (χ0v) is 7.33. The molecule has 1 atom stereocenters. The average Bonchev–Trinajstić information content (AvgIpc) is 1.84. The molecule has 0 aromatic carbocycles. The molecule has 3 amide bonds. The lowest BCUT2D eigenvalue weighted by Gasteiger charge is -2.11. The van der Waals surface area contributed by atoms with Crippen LogP contribution >= 0.6 is 0 Å². The van der Waals surface area contributed by atoms with E-state index in [1.54, 1.807) is 0 Å². The predicted octanol–water partition coefficient (Wildman–Crippen LogP) is -0.445. The van der Waals surface area contributed by atoms with Gasteiger partial charge in [0.25, 0.3) is 0 Å². The Morgan fingerprint density at radius 1 is 1.42 bits per heavy atom. The van der Waals surface area contributed by atoms with Gasteiger partial charge in [-0.3, -0.25) is 10.1 Å². The lowest BCUT2D eigenvalue weighted by atomic mass is 10.0. The van der Waals surface area contributed by atoms with Crippen molar-refractivity contribution in [3.05, 3.63) is 0 Å². The molecule has 0 saturated carbocycles. The van der Waals surface area contributed by atoms with E-state index in [0.717, 1.165) is 0 Å². The van der Waals surface area contributed by atoms with Gasteiger partial charge in [0.15, 0.2) is 0 Å². The van der Waals surface area contributed by atoms with E-state index in [1.807, 2.05) is 19.2 Å². The van der Waals surface area contributed by atoms with Gasteiger partial charge in [-0.2, -0.15) is 0 Å². The van der Waals surface area contributed by atoms with Crippen molar-refractivity contribution < 1.29 is 9.59 Å². The van der Waals surface area contributed by atoms with E-state index in [1.165, 1.54) is 0 Å². The molecule has 0 saturated heterocycles. The summed E-state index contributed by atoms with van der Waals surface area (Å²) in [6, 6.07) is -1.52. The molecule has 70 valence electrons. The monoisotopic (exact) mass is 173 g/mol. The van der Waals surface area contributed by atoms with Crippen LogP contribution in [0.15, 0.2) is 0 Å². The molecule has 5 nitrogen and oxygen atoms in total. The highest BCUT2D eigenvalue weighted by molar-refractivity contribution is 5.96. The third-order valence-electron chi connectivity index (χ3n) is 1.31. The van der Waals surface area contributed by atoms with Crippen LogP contribution < -0.4 is 16.8 Å². The molecule has 0 aromatic rings. The summed E-state index contributed by atoms with van der Waals surface area (Å²) in [5.41, 5.74) is 10.2. The molecule has 0 aromatic heterocycles. The van der Waals surface area contributed by atoms with Gasteiger partial charge in [-0.25, -0.2) is 4.79 Å². The lowest BCUT2D eigenvalue weighted by Crippen LogP contribution is -2.46. The van der Waals surface area contributed by atoms with Gasteiger partial charge < -0.3 is 11.5 Å². The molecular weight excluding hydrogens is 158 g/mol. The maximum absolute atomic E-state index is 11.0. The Balaban J connectivity index is 3.85. The third kappa shape index (κ3) is 4.68. The highest BCUT2D eigenvalue weighted by Gasteiger charge is 2.15. The molecule has 0 spiro atoms. The normalized spacial score (nSPS) is 12.7. The van der Waals surface area contributed by atoms with Crippen LogP contribution in [-0.2, 0) is 4.79 Å². The number of imide groups is 1. The zero-order valence-electron chi connectivity index (χ0n) is 7.33. The van der Waals surface area contributed by atoms with Gasteiger partial charge in [-0.1, -0.05) is 13.8 Å². The highest BCUT2D eigenvalue weighted by Crippen LogP contribution is 2.01. The number of amides is 3. The Kier molecular flexibility index (Phi) is 4.28. The number of hydrogen-bond donors (Lipinski definition) is 3. The van der Waals surface area contributed by atoms with Crippen molar-refractivity contribution in [2.75, 3.05) is 0 Å². The van der Waals surface area contributed by atoms with Crippen LogP contribution in [0.1, 0.15) is 20.3 Å². The second-order valence-electron chi connectivity index (χ2n) is 3.09. The van der Waals surface area contributed by atoms with E-state index in [-0.39, 0.29) is 0 Å². The van der Waals surface area contributed by atoms with Gasteiger partial charge >= 0.3 is 6.03 Å². The lowest BCUT2D eigenvalue weighted by molar-refractivity contribution is -0.121. The summed E-state index contributed by atoms with van der Waals surface area (Å²) in [7, 11) is 0. The molecule has 0 bridgehead atoms. The van der Waals surface area contributed by atoms with Crippen LogP contribution in [0, 0.1) is 5.92 Å². The first kappa shape index (κ1) is 10.9. The van der Waals surface area contributed by atoms with Gasteiger partial charge in [0, 0.05) is 0 Å². The number of hydrogen-bond acceptors (Lipinski definition) is 3. The number of nitrogens with one attached hydrogen (secondary N) is 1. The first-order valence-corrected chi connectivity index (χ1v) is 3.79. The quantitative estimate of drug-likeness (QED) is 0.539. The Bertz CT molecular complexity index is 179. The third-order valence-corrected chi connectivity index (χ3v) is 1.31. The number of carbonyl (C=O) groups excluding carboxylic acids is 2. The molecular formula is C7H15N3O2. The fourth-order valence-corrected chi connectivity index (χ4v) is 0.829. The van der Waals surface area contributed by atoms with Gasteiger partial charge in [0.2, 0.25) is 5.91 Å². The molecule has 0 aliphatic carbocycles. The van der Waals surface area contributed by atoms with E-state index in [0.29, 0.717) is 12.3 Å². The van der Waals surface area contributed by atoms with E-state index < -0.39 is 18.0 Å². The van der Waals surface area contributed by atoms with Crippen LogP contribution in [0.5, 0.6) is 0 Å². The Hall–Kier alpha value is -1.10. The second kappa shape index (κ2) is 4.71. The van der Waals surface area contributed by atoms with E-state index in [2.05, 4.69) is 0 Å². The maximum Gasteiger partial charge on any atom is 0.318 e. The minimum Gasteiger partial charge on any atom is -0.351 e. The number of rotatable bonds is 3. The van der Waals surface area contributed by atoms with E-state index in [4.69, 9.17) is 11.5 Å². The fourth-order valence-electron chi connectivity index (χ4n) is 0.829. The van der Waals surface area contributed by atoms with Crippen molar-refractivity contribution >= 4 is 11.9 Å². The summed E-state index contributed by atoms with van der Waals surface area (Å²) in [5, 5.41) is 1.92. The SMILES string of the molecule is CC(C)C[C@H](N)C(=O)NC(N)=O. The van der Waals surface area contributed by atoms with Crippen molar-refractivity contribution in [2.24, 2.45) is 17.4 Å². The van der Waals surface area contributed by atoms with Crippen LogP contribution in [0.4, 0.5) is 4.79 Å². The van der Waals surface area contributed by atoms with Crippen molar-refractivity contribution in [1.82, 2.24) is 5.32 Å². The van der Waals surface area contributed by atoms with Gasteiger partial charge in [0.05, 0.1) is 6.04 Å². The summed E-state index contributed by atoms with van der Waals surface area (Å²) in [5.74, 6) is -0.199. The maximum atomic E-state index is 11.0. The summed E-state index contributed by atoms with van der Waals surface area (Å²) >= 11 is 0. The van der Waals surface area contributed by atoms with Crippen molar-refractivity contribution in [3.8, 4) is 0 Å². The second-order valence-corrected chi connectivity index (χ2v) is 3.09. The largest absolute Gasteiger partial charge is 0.351 e. The number of primary amides is 1. The number of urea groups is 1. The Labute approximate surface area is 71.5 Å². The topological polar surface area (TPSA) is 98.2 Å². The summed E-state index contributed by atoms with van der Waals surface area (Å²) < 4.78 is 0. The smallest absolute Gasteiger partial charge is 0.318 e. The van der Waals surface area contributed by atoms with Crippen LogP contribution in [0.2, 0.25) is 0 Å².